The van der Waals surface area contributed by atoms with Crippen LogP contribution >= 0.6 is 0 Å². The average Bonchev–Trinajstić information content (AvgIpc) is 2.92. The fraction of sp³-hybridized carbons (Fsp3) is 0.238. The molecular weight excluding hydrogens is 361 g/mol. The Morgan fingerprint density at radius 1 is 1.21 bits per heavy atom. The molecule has 0 aliphatic carbocycles. The summed E-state index contributed by atoms with van der Waals surface area (Å²) in [5.74, 6) is -0.929. The number of aromatic hydroxyl groups is 1. The van der Waals surface area contributed by atoms with E-state index in [-0.39, 0.29) is 17.6 Å². The molecule has 144 valence electrons. The van der Waals surface area contributed by atoms with Gasteiger partial charge < -0.3 is 19.9 Å². The highest BCUT2D eigenvalue weighted by Gasteiger charge is 2.36. The van der Waals surface area contributed by atoms with Crippen molar-refractivity contribution in [3.05, 3.63) is 65.1 Å². The van der Waals surface area contributed by atoms with Gasteiger partial charge in [0.2, 0.25) is 5.91 Å². The molecule has 0 saturated carbocycles. The van der Waals surface area contributed by atoms with E-state index in [0.29, 0.717) is 29.6 Å². The summed E-state index contributed by atoms with van der Waals surface area (Å²) < 4.78 is 15.2. The number of rotatable bonds is 2. The summed E-state index contributed by atoms with van der Waals surface area (Å²) in [5, 5.41) is 13.3. The summed E-state index contributed by atoms with van der Waals surface area (Å²) >= 11 is 0. The molecule has 1 saturated heterocycles. The molecule has 4 rings (SSSR count). The van der Waals surface area contributed by atoms with Crippen molar-refractivity contribution in [2.75, 3.05) is 13.1 Å². The van der Waals surface area contributed by atoms with Gasteiger partial charge in [0.15, 0.2) is 0 Å². The third-order valence-electron chi connectivity index (χ3n) is 5.35. The van der Waals surface area contributed by atoms with Gasteiger partial charge in [0.1, 0.15) is 17.6 Å². The van der Waals surface area contributed by atoms with Crippen molar-refractivity contribution < 1.29 is 19.1 Å². The first-order chi connectivity index (χ1) is 13.4. The summed E-state index contributed by atoms with van der Waals surface area (Å²) in [7, 11) is 1.85. The van der Waals surface area contributed by atoms with Crippen LogP contribution in [0.4, 0.5) is 4.39 Å². The fourth-order valence-corrected chi connectivity index (χ4v) is 3.84. The number of carbonyl (C=O) groups is 2. The first-order valence-corrected chi connectivity index (χ1v) is 9.00. The van der Waals surface area contributed by atoms with Gasteiger partial charge in [0, 0.05) is 36.7 Å². The number of fused-ring (bicyclic) bond motifs is 1. The Kier molecular flexibility index (Phi) is 4.30. The molecule has 7 heteroatoms. The predicted molar refractivity (Wildman–Crippen MR) is 103 cm³/mol. The summed E-state index contributed by atoms with van der Waals surface area (Å²) in [6, 6.07) is 9.66. The minimum atomic E-state index is -0.839. The van der Waals surface area contributed by atoms with E-state index < -0.39 is 11.9 Å². The lowest BCUT2D eigenvalue weighted by molar-refractivity contribution is -0.128. The topological polar surface area (TPSA) is 74.6 Å². The van der Waals surface area contributed by atoms with Gasteiger partial charge >= 0.3 is 0 Å². The summed E-state index contributed by atoms with van der Waals surface area (Å²) in [6.07, 6.45) is 0. The number of aryl methyl sites for hydroxylation is 1. The Hall–Kier alpha value is -3.35. The van der Waals surface area contributed by atoms with Crippen LogP contribution in [0.25, 0.3) is 10.9 Å². The first kappa shape index (κ1) is 18.0. The van der Waals surface area contributed by atoms with Crippen LogP contribution in [0.1, 0.15) is 27.7 Å². The van der Waals surface area contributed by atoms with Crippen LogP contribution in [0.15, 0.2) is 42.5 Å². The first-order valence-electron chi connectivity index (χ1n) is 9.00. The standard InChI is InChI=1S/C21H20FN3O3/c1-12-18(16-11-15(26)7-8-17(16)24(12)2)21(28)25-10-9-23-20(27)19(25)13-3-5-14(22)6-4-13/h3-8,11,19,26H,9-10H2,1-2H3,(H,23,27). The second kappa shape index (κ2) is 6.67. The molecular formula is C21H20FN3O3. The zero-order chi connectivity index (χ0) is 20.0. The summed E-state index contributed by atoms with van der Waals surface area (Å²) in [5.41, 5.74) is 2.57. The van der Waals surface area contributed by atoms with Gasteiger partial charge in [-0.25, -0.2) is 4.39 Å². The molecule has 1 fully saturated rings. The maximum Gasteiger partial charge on any atom is 0.257 e. The molecule has 2 aromatic carbocycles. The van der Waals surface area contributed by atoms with E-state index >= 15 is 0 Å². The van der Waals surface area contributed by atoms with E-state index in [1.165, 1.54) is 29.2 Å². The highest BCUT2D eigenvalue weighted by Crippen LogP contribution is 2.32. The monoisotopic (exact) mass is 381 g/mol. The molecule has 6 nitrogen and oxygen atoms in total. The van der Waals surface area contributed by atoms with Crippen molar-refractivity contribution in [2.45, 2.75) is 13.0 Å². The number of aromatic nitrogens is 1. The molecule has 1 aliphatic rings. The van der Waals surface area contributed by atoms with Crippen molar-refractivity contribution in [3.8, 4) is 5.75 Å². The number of amides is 2. The average molecular weight is 381 g/mol. The number of halogens is 1. The van der Waals surface area contributed by atoms with E-state index in [2.05, 4.69) is 5.32 Å². The molecule has 2 heterocycles. The third-order valence-corrected chi connectivity index (χ3v) is 5.35. The molecule has 1 atom stereocenters. The van der Waals surface area contributed by atoms with E-state index in [9.17, 15) is 19.1 Å². The highest BCUT2D eigenvalue weighted by atomic mass is 19.1. The van der Waals surface area contributed by atoms with Crippen molar-refractivity contribution in [2.24, 2.45) is 7.05 Å². The molecule has 1 aliphatic heterocycles. The number of phenols is 1. The van der Waals surface area contributed by atoms with Gasteiger partial charge in [0.05, 0.1) is 5.56 Å². The second-order valence-corrected chi connectivity index (χ2v) is 6.96. The van der Waals surface area contributed by atoms with Crippen molar-refractivity contribution in [3.63, 3.8) is 0 Å². The Morgan fingerprint density at radius 3 is 2.64 bits per heavy atom. The van der Waals surface area contributed by atoms with Crippen LogP contribution in [0.5, 0.6) is 5.75 Å². The minimum Gasteiger partial charge on any atom is -0.508 e. The third kappa shape index (κ3) is 2.79. The Labute approximate surface area is 161 Å². The van der Waals surface area contributed by atoms with Gasteiger partial charge in [0.25, 0.3) is 5.91 Å². The number of hydrogen-bond donors (Lipinski definition) is 2. The van der Waals surface area contributed by atoms with E-state index in [1.807, 2.05) is 18.5 Å². The lowest BCUT2D eigenvalue weighted by Gasteiger charge is -2.35. The molecule has 0 bridgehead atoms. The van der Waals surface area contributed by atoms with Crippen molar-refractivity contribution >= 4 is 22.7 Å². The Morgan fingerprint density at radius 2 is 1.93 bits per heavy atom. The summed E-state index contributed by atoms with van der Waals surface area (Å²) in [6.45, 7) is 2.51. The molecule has 3 aromatic rings. The maximum absolute atomic E-state index is 13.5. The fourth-order valence-electron chi connectivity index (χ4n) is 3.84. The van der Waals surface area contributed by atoms with E-state index in [0.717, 1.165) is 11.2 Å². The summed E-state index contributed by atoms with van der Waals surface area (Å²) in [4.78, 5) is 27.6. The van der Waals surface area contributed by atoms with Crippen molar-refractivity contribution in [1.82, 2.24) is 14.8 Å². The van der Waals surface area contributed by atoms with Gasteiger partial charge in [-0.1, -0.05) is 12.1 Å². The molecule has 1 aromatic heterocycles. The molecule has 28 heavy (non-hydrogen) atoms. The molecule has 0 radical (unpaired) electrons. The number of nitrogens with one attached hydrogen (secondary N) is 1. The molecule has 0 spiro atoms. The number of carbonyl (C=O) groups excluding carboxylic acids is 2. The van der Waals surface area contributed by atoms with Crippen molar-refractivity contribution in [1.29, 1.82) is 0 Å². The molecule has 2 N–H and O–H groups in total. The lowest BCUT2D eigenvalue weighted by atomic mass is 10.00. The largest absolute Gasteiger partial charge is 0.508 e. The number of nitrogens with zero attached hydrogens (tertiary/aromatic N) is 2. The van der Waals surface area contributed by atoms with Crippen LogP contribution in [0, 0.1) is 12.7 Å². The zero-order valence-corrected chi connectivity index (χ0v) is 15.6. The Bertz CT molecular complexity index is 1090. The maximum atomic E-state index is 13.5. The number of phenolic OH excluding ortho intramolecular Hbond substituents is 1. The molecule has 1 unspecified atom stereocenters. The van der Waals surface area contributed by atoms with Gasteiger partial charge in [-0.3, -0.25) is 9.59 Å². The number of piperazine rings is 1. The van der Waals surface area contributed by atoms with Crippen LogP contribution in [0.3, 0.4) is 0 Å². The smallest absolute Gasteiger partial charge is 0.257 e. The van der Waals surface area contributed by atoms with Gasteiger partial charge in [-0.05, 0) is 42.8 Å². The second-order valence-electron chi connectivity index (χ2n) is 6.96. The van der Waals surface area contributed by atoms with Crippen LogP contribution < -0.4 is 5.32 Å². The van der Waals surface area contributed by atoms with Gasteiger partial charge in [-0.2, -0.15) is 0 Å². The van der Waals surface area contributed by atoms with E-state index in [1.54, 1.807) is 18.2 Å². The highest BCUT2D eigenvalue weighted by molar-refractivity contribution is 6.10. The number of hydrogen-bond acceptors (Lipinski definition) is 3. The van der Waals surface area contributed by atoms with Crippen LogP contribution in [0.2, 0.25) is 0 Å². The Balaban J connectivity index is 1.83. The van der Waals surface area contributed by atoms with Crippen LogP contribution in [-0.4, -0.2) is 39.5 Å². The zero-order valence-electron chi connectivity index (χ0n) is 15.6. The van der Waals surface area contributed by atoms with Gasteiger partial charge in [-0.15, -0.1) is 0 Å². The van der Waals surface area contributed by atoms with E-state index in [4.69, 9.17) is 0 Å². The SMILES string of the molecule is Cc1c(C(=O)N2CCNC(=O)C2c2ccc(F)cc2)c2cc(O)ccc2n1C. The van der Waals surface area contributed by atoms with Crippen LogP contribution in [-0.2, 0) is 11.8 Å². The normalized spacial score (nSPS) is 17.0. The quantitative estimate of drug-likeness (QED) is 0.717. The number of benzene rings is 2. The predicted octanol–water partition coefficient (Wildman–Crippen LogP) is 2.64. The lowest BCUT2D eigenvalue weighted by Crippen LogP contribution is -2.52. The minimum absolute atomic E-state index is 0.0682. The molecule has 2 amide bonds.